The van der Waals surface area contributed by atoms with Crippen molar-refractivity contribution in [2.45, 2.75) is 51.6 Å². The van der Waals surface area contributed by atoms with E-state index in [4.69, 9.17) is 11.6 Å². The van der Waals surface area contributed by atoms with Crippen molar-refractivity contribution in [3.63, 3.8) is 0 Å². The maximum atomic E-state index is 12.6. The Morgan fingerprint density at radius 3 is 2.36 bits per heavy atom. The number of nitrogens with one attached hydrogen (secondary N) is 1. The molecule has 2 heterocycles. The molecule has 0 fully saturated rings. The van der Waals surface area contributed by atoms with Crippen molar-refractivity contribution in [1.82, 2.24) is 24.3 Å². The van der Waals surface area contributed by atoms with Crippen LogP contribution in [-0.4, -0.2) is 34.5 Å². The first-order chi connectivity index (χ1) is 11.5. The van der Waals surface area contributed by atoms with Crippen LogP contribution in [0.15, 0.2) is 11.1 Å². The highest BCUT2D eigenvalue weighted by Gasteiger charge is 2.23. The quantitative estimate of drug-likeness (QED) is 0.781. The van der Waals surface area contributed by atoms with Gasteiger partial charge in [-0.15, -0.1) is 0 Å². The van der Waals surface area contributed by atoms with Gasteiger partial charge in [0, 0.05) is 6.54 Å². The van der Waals surface area contributed by atoms with E-state index in [1.807, 2.05) is 13.8 Å². The van der Waals surface area contributed by atoms with Crippen LogP contribution in [0.1, 0.15) is 43.0 Å². The van der Waals surface area contributed by atoms with Gasteiger partial charge in [0.25, 0.3) is 0 Å². The highest BCUT2D eigenvalue weighted by molar-refractivity contribution is 7.89. The summed E-state index contributed by atoms with van der Waals surface area (Å²) in [4.78, 5) is -0.255. The lowest BCUT2D eigenvalue weighted by Crippen LogP contribution is -2.27. The molecule has 2 aromatic rings. The number of alkyl halides is 2. The smallest absolute Gasteiger partial charge is 0.265 e. The minimum atomic E-state index is -3.92. The zero-order chi connectivity index (χ0) is 18.9. The van der Waals surface area contributed by atoms with E-state index in [1.165, 1.54) is 6.92 Å². The van der Waals surface area contributed by atoms with E-state index < -0.39 is 16.6 Å². The summed E-state index contributed by atoms with van der Waals surface area (Å²) in [5.74, 6) is 0. The van der Waals surface area contributed by atoms with Crippen molar-refractivity contribution in [3.05, 3.63) is 28.3 Å². The molecule has 140 valence electrons. The highest BCUT2D eigenvalue weighted by Crippen LogP contribution is 2.23. The van der Waals surface area contributed by atoms with E-state index >= 15 is 0 Å². The normalized spacial score (nSPS) is 13.6. The van der Waals surface area contributed by atoms with Gasteiger partial charge in [-0.3, -0.25) is 4.68 Å². The van der Waals surface area contributed by atoms with Gasteiger partial charge in [-0.25, -0.2) is 17.8 Å². The van der Waals surface area contributed by atoms with E-state index in [-0.39, 0.29) is 23.2 Å². The van der Waals surface area contributed by atoms with Crippen LogP contribution < -0.4 is 4.72 Å². The molecule has 0 aliphatic rings. The summed E-state index contributed by atoms with van der Waals surface area (Å²) in [6.45, 7) is 4.13. The Balaban J connectivity index is 2.04. The molecule has 1 N–H and O–H groups in total. The van der Waals surface area contributed by atoms with Crippen LogP contribution in [0, 0.1) is 20.8 Å². The second-order valence-corrected chi connectivity index (χ2v) is 7.91. The minimum absolute atomic E-state index is 0.0196. The number of sulfonamides is 1. The molecule has 0 saturated heterocycles. The van der Waals surface area contributed by atoms with Crippen molar-refractivity contribution in [1.29, 1.82) is 0 Å². The first-order valence-corrected chi connectivity index (χ1v) is 9.45. The standard InChI is InChI=1S/C14H20ClF2N5O2S/c1-8(22-11(4)13(15)10(3)20-22)5-6-18-25(23,24)12-7-21(14(16)17)19-9(12)2/h7-8,14,18H,5-6H2,1-4H3/t8-/m0/s1. The van der Waals surface area contributed by atoms with Crippen LogP contribution in [-0.2, 0) is 10.0 Å². The van der Waals surface area contributed by atoms with Gasteiger partial charge in [-0.2, -0.15) is 19.0 Å². The summed E-state index contributed by atoms with van der Waals surface area (Å²) in [6.07, 6.45) is 1.28. The lowest BCUT2D eigenvalue weighted by molar-refractivity contribution is 0.0561. The summed E-state index contributed by atoms with van der Waals surface area (Å²) >= 11 is 6.11. The van der Waals surface area contributed by atoms with Gasteiger partial charge in [-0.05, 0) is 34.1 Å². The Labute approximate surface area is 150 Å². The second-order valence-electron chi connectivity index (χ2n) is 5.80. The predicted octanol–water partition coefficient (Wildman–Crippen LogP) is 2.98. The van der Waals surface area contributed by atoms with Gasteiger partial charge >= 0.3 is 6.55 Å². The molecule has 0 unspecified atom stereocenters. The maximum absolute atomic E-state index is 12.6. The Bertz CT molecular complexity index is 863. The molecular weight excluding hydrogens is 376 g/mol. The molecule has 2 aromatic heterocycles. The number of aromatic nitrogens is 4. The summed E-state index contributed by atoms with van der Waals surface area (Å²) < 4.78 is 54.3. The minimum Gasteiger partial charge on any atom is -0.265 e. The largest absolute Gasteiger partial charge is 0.333 e. The zero-order valence-corrected chi connectivity index (χ0v) is 15.9. The van der Waals surface area contributed by atoms with Crippen molar-refractivity contribution >= 4 is 21.6 Å². The molecule has 2 rings (SSSR count). The zero-order valence-electron chi connectivity index (χ0n) is 14.3. The Kier molecular flexibility index (Phi) is 5.85. The average molecular weight is 396 g/mol. The molecule has 7 nitrogen and oxygen atoms in total. The average Bonchev–Trinajstić information content (AvgIpc) is 3.03. The fraction of sp³-hybridized carbons (Fsp3) is 0.571. The van der Waals surface area contributed by atoms with Gasteiger partial charge in [-0.1, -0.05) is 11.6 Å². The SMILES string of the molecule is Cc1nn(C(F)F)cc1S(=O)(=O)NCC[C@H](C)n1nc(C)c(Cl)c1C. The van der Waals surface area contributed by atoms with Gasteiger partial charge < -0.3 is 0 Å². The van der Waals surface area contributed by atoms with E-state index in [2.05, 4.69) is 14.9 Å². The van der Waals surface area contributed by atoms with E-state index in [0.29, 0.717) is 21.8 Å². The third-order valence-electron chi connectivity index (χ3n) is 3.87. The molecule has 0 radical (unpaired) electrons. The van der Waals surface area contributed by atoms with Crippen molar-refractivity contribution in [3.8, 4) is 0 Å². The van der Waals surface area contributed by atoms with Crippen LogP contribution >= 0.6 is 11.6 Å². The number of rotatable bonds is 7. The first kappa shape index (κ1) is 19.8. The number of hydrogen-bond acceptors (Lipinski definition) is 4. The molecule has 0 aliphatic carbocycles. The first-order valence-electron chi connectivity index (χ1n) is 7.59. The van der Waals surface area contributed by atoms with Crippen LogP contribution in [0.4, 0.5) is 8.78 Å². The second kappa shape index (κ2) is 7.38. The van der Waals surface area contributed by atoms with Crippen LogP contribution in [0.25, 0.3) is 0 Å². The fourth-order valence-corrected chi connectivity index (χ4v) is 3.85. The molecular formula is C14H20ClF2N5O2S. The molecule has 0 saturated carbocycles. The topological polar surface area (TPSA) is 81.8 Å². The summed E-state index contributed by atoms with van der Waals surface area (Å²) in [6, 6.07) is -0.0845. The van der Waals surface area contributed by atoms with Gasteiger partial charge in [0.05, 0.1) is 34.3 Å². The number of halogens is 3. The van der Waals surface area contributed by atoms with E-state index in [9.17, 15) is 17.2 Å². The van der Waals surface area contributed by atoms with Crippen molar-refractivity contribution in [2.24, 2.45) is 0 Å². The van der Waals surface area contributed by atoms with Gasteiger partial charge in [0.2, 0.25) is 10.0 Å². The summed E-state index contributed by atoms with van der Waals surface area (Å²) in [5.41, 5.74) is 1.54. The van der Waals surface area contributed by atoms with E-state index in [1.54, 1.807) is 11.6 Å². The monoisotopic (exact) mass is 395 g/mol. The highest BCUT2D eigenvalue weighted by atomic mass is 35.5. The maximum Gasteiger partial charge on any atom is 0.333 e. The summed E-state index contributed by atoms with van der Waals surface area (Å²) in [7, 11) is -3.92. The molecule has 0 spiro atoms. The third kappa shape index (κ3) is 4.18. The van der Waals surface area contributed by atoms with Crippen LogP contribution in [0.2, 0.25) is 5.02 Å². The Morgan fingerprint density at radius 1 is 1.24 bits per heavy atom. The third-order valence-corrected chi connectivity index (χ3v) is 5.98. The molecule has 1 atom stereocenters. The molecule has 11 heteroatoms. The Hall–Kier alpha value is -1.52. The van der Waals surface area contributed by atoms with Crippen molar-refractivity contribution in [2.75, 3.05) is 6.54 Å². The molecule has 0 amide bonds. The lowest BCUT2D eigenvalue weighted by Gasteiger charge is -2.14. The van der Waals surface area contributed by atoms with E-state index in [0.717, 1.165) is 11.9 Å². The lowest BCUT2D eigenvalue weighted by atomic mass is 10.2. The Morgan fingerprint density at radius 2 is 1.88 bits per heavy atom. The predicted molar refractivity (Wildman–Crippen MR) is 89.4 cm³/mol. The van der Waals surface area contributed by atoms with Gasteiger partial charge in [0.15, 0.2) is 0 Å². The molecule has 25 heavy (non-hydrogen) atoms. The molecule has 0 bridgehead atoms. The molecule has 0 aromatic carbocycles. The van der Waals surface area contributed by atoms with Crippen LogP contribution in [0.5, 0.6) is 0 Å². The number of aryl methyl sites for hydroxylation is 2. The summed E-state index contributed by atoms with van der Waals surface area (Å²) in [5, 5.41) is 8.43. The van der Waals surface area contributed by atoms with Crippen molar-refractivity contribution < 1.29 is 17.2 Å². The molecule has 0 aliphatic heterocycles. The van der Waals surface area contributed by atoms with Gasteiger partial charge in [0.1, 0.15) is 4.90 Å². The number of hydrogen-bond donors (Lipinski definition) is 1. The van der Waals surface area contributed by atoms with Crippen LogP contribution in [0.3, 0.4) is 0 Å². The fourth-order valence-electron chi connectivity index (χ4n) is 2.50. The number of nitrogens with zero attached hydrogens (tertiary/aromatic N) is 4.